The molecule has 2 aromatic rings. The summed E-state index contributed by atoms with van der Waals surface area (Å²) in [5, 5.41) is 2.83. The second-order valence-electron chi connectivity index (χ2n) is 8.61. The van der Waals surface area contributed by atoms with E-state index in [0.717, 1.165) is 25.7 Å². The molecule has 0 spiro atoms. The predicted molar refractivity (Wildman–Crippen MR) is 115 cm³/mol. The average Bonchev–Trinajstić information content (AvgIpc) is 3.43. The Morgan fingerprint density at radius 1 is 1.13 bits per heavy atom. The van der Waals surface area contributed by atoms with Crippen molar-refractivity contribution in [2.24, 2.45) is 5.92 Å². The second kappa shape index (κ2) is 8.46. The summed E-state index contributed by atoms with van der Waals surface area (Å²) in [7, 11) is 0. The van der Waals surface area contributed by atoms with Crippen molar-refractivity contribution >= 4 is 11.8 Å². The first-order chi connectivity index (χ1) is 14.4. The number of pyridine rings is 1. The molecule has 2 fully saturated rings. The van der Waals surface area contributed by atoms with Crippen molar-refractivity contribution in [2.45, 2.75) is 52.1 Å². The number of carbonyl (C=O) groups excluding carboxylic acids is 2. The number of aryl methyl sites for hydroxylation is 2. The molecule has 1 aromatic heterocycles. The smallest absolute Gasteiger partial charge is 0.263 e. The summed E-state index contributed by atoms with van der Waals surface area (Å²) in [5.41, 5.74) is 3.22. The molecule has 1 aliphatic heterocycles. The number of likely N-dealkylation sites (tertiary alicyclic amines) is 1. The van der Waals surface area contributed by atoms with Crippen LogP contribution in [0.4, 0.5) is 0 Å². The molecule has 1 atom stereocenters. The van der Waals surface area contributed by atoms with Gasteiger partial charge >= 0.3 is 0 Å². The van der Waals surface area contributed by atoms with Gasteiger partial charge in [0, 0.05) is 19.3 Å². The van der Waals surface area contributed by atoms with E-state index in [0.29, 0.717) is 19.0 Å². The van der Waals surface area contributed by atoms with Crippen LogP contribution in [0.25, 0.3) is 0 Å². The summed E-state index contributed by atoms with van der Waals surface area (Å²) < 4.78 is 1.35. The van der Waals surface area contributed by atoms with Gasteiger partial charge in [-0.1, -0.05) is 23.8 Å². The van der Waals surface area contributed by atoms with Crippen LogP contribution in [0, 0.1) is 19.8 Å². The Balaban J connectivity index is 1.50. The van der Waals surface area contributed by atoms with E-state index in [-0.39, 0.29) is 30.0 Å². The molecule has 1 saturated heterocycles. The molecule has 2 aliphatic rings. The monoisotopic (exact) mass is 407 g/mol. The highest BCUT2D eigenvalue weighted by molar-refractivity contribution is 5.93. The van der Waals surface area contributed by atoms with Crippen molar-refractivity contribution in [3.63, 3.8) is 0 Å². The highest BCUT2D eigenvalue weighted by Gasteiger charge is 2.31. The summed E-state index contributed by atoms with van der Waals surface area (Å²) in [6, 6.07) is 9.56. The molecular weight excluding hydrogens is 378 g/mol. The molecule has 4 rings (SSSR count). The number of aromatic nitrogens is 1. The number of hydrogen-bond donors (Lipinski definition) is 1. The van der Waals surface area contributed by atoms with Gasteiger partial charge < -0.3 is 14.8 Å². The number of benzene rings is 1. The summed E-state index contributed by atoms with van der Waals surface area (Å²) >= 11 is 0. The summed E-state index contributed by atoms with van der Waals surface area (Å²) in [5.74, 6) is 0.0952. The Morgan fingerprint density at radius 2 is 1.93 bits per heavy atom. The van der Waals surface area contributed by atoms with Gasteiger partial charge in [0.15, 0.2) is 0 Å². The third-order valence-electron chi connectivity index (χ3n) is 6.19. The molecule has 1 aliphatic carbocycles. The molecule has 0 radical (unpaired) electrons. The standard InChI is InChI=1S/C24H29N3O3/c1-16-7-8-17(2)20(13-16)21-6-4-12-27(21)22(28)15-26-11-3-5-19(24(26)30)23(29)25-14-18-9-10-18/h3,5,7-8,11,13,18,21H,4,6,9-10,12,14-15H2,1-2H3,(H,25,29)/t21-/m1/s1. The average molecular weight is 408 g/mol. The second-order valence-corrected chi connectivity index (χ2v) is 8.61. The highest BCUT2D eigenvalue weighted by Crippen LogP contribution is 2.34. The van der Waals surface area contributed by atoms with Crippen LogP contribution >= 0.6 is 0 Å². The lowest BCUT2D eigenvalue weighted by Crippen LogP contribution is -2.38. The van der Waals surface area contributed by atoms with Gasteiger partial charge in [-0.25, -0.2) is 0 Å². The molecule has 2 heterocycles. The molecule has 1 aromatic carbocycles. The van der Waals surface area contributed by atoms with Crippen LogP contribution < -0.4 is 10.9 Å². The van der Waals surface area contributed by atoms with E-state index in [9.17, 15) is 14.4 Å². The van der Waals surface area contributed by atoms with Crippen LogP contribution in [0.3, 0.4) is 0 Å². The van der Waals surface area contributed by atoms with Crippen molar-refractivity contribution in [1.29, 1.82) is 0 Å². The van der Waals surface area contributed by atoms with Gasteiger partial charge in [0.2, 0.25) is 5.91 Å². The van der Waals surface area contributed by atoms with Crippen LogP contribution in [0.1, 0.15) is 58.8 Å². The molecule has 1 N–H and O–H groups in total. The van der Waals surface area contributed by atoms with E-state index in [1.165, 1.54) is 27.3 Å². The maximum atomic E-state index is 13.1. The van der Waals surface area contributed by atoms with Crippen LogP contribution in [0.2, 0.25) is 0 Å². The number of rotatable bonds is 6. The van der Waals surface area contributed by atoms with Gasteiger partial charge in [-0.05, 0) is 68.7 Å². The summed E-state index contributed by atoms with van der Waals surface area (Å²) in [4.78, 5) is 40.2. The van der Waals surface area contributed by atoms with Gasteiger partial charge in [-0.15, -0.1) is 0 Å². The summed E-state index contributed by atoms with van der Waals surface area (Å²) in [6.07, 6.45) is 5.72. The van der Waals surface area contributed by atoms with E-state index < -0.39 is 5.56 Å². The Bertz CT molecular complexity index is 1020. The Hall–Kier alpha value is -2.89. The van der Waals surface area contributed by atoms with E-state index in [4.69, 9.17) is 0 Å². The first-order valence-corrected chi connectivity index (χ1v) is 10.8. The lowest BCUT2D eigenvalue weighted by atomic mass is 9.97. The molecule has 1 saturated carbocycles. The van der Waals surface area contributed by atoms with Gasteiger partial charge in [-0.2, -0.15) is 0 Å². The highest BCUT2D eigenvalue weighted by atomic mass is 16.2. The number of hydrogen-bond acceptors (Lipinski definition) is 3. The third-order valence-corrected chi connectivity index (χ3v) is 6.19. The SMILES string of the molecule is Cc1ccc(C)c([C@H]2CCCN2C(=O)Cn2cccc(C(=O)NCC3CC3)c2=O)c1. The van der Waals surface area contributed by atoms with Crippen LogP contribution in [0.15, 0.2) is 41.3 Å². The van der Waals surface area contributed by atoms with Crippen LogP contribution in [-0.4, -0.2) is 34.4 Å². The molecular formula is C24H29N3O3. The van der Waals surface area contributed by atoms with Gasteiger partial charge in [0.1, 0.15) is 12.1 Å². The first-order valence-electron chi connectivity index (χ1n) is 10.8. The molecule has 2 amide bonds. The quantitative estimate of drug-likeness (QED) is 0.800. The topological polar surface area (TPSA) is 71.4 Å². The lowest BCUT2D eigenvalue weighted by molar-refractivity contribution is -0.132. The molecule has 0 unspecified atom stereocenters. The largest absolute Gasteiger partial charge is 0.352 e. The minimum absolute atomic E-state index is 0.0399. The van der Waals surface area contributed by atoms with Gasteiger partial charge in [-0.3, -0.25) is 14.4 Å². The van der Waals surface area contributed by atoms with Crippen molar-refractivity contribution in [3.05, 3.63) is 69.1 Å². The Kier molecular flexibility index (Phi) is 5.75. The first kappa shape index (κ1) is 20.4. The lowest BCUT2D eigenvalue weighted by Gasteiger charge is -2.27. The predicted octanol–water partition coefficient (Wildman–Crippen LogP) is 2.97. The maximum absolute atomic E-state index is 13.1. The fraction of sp³-hybridized carbons (Fsp3) is 0.458. The minimum atomic E-state index is -0.415. The van der Waals surface area contributed by atoms with Crippen molar-refractivity contribution < 1.29 is 9.59 Å². The van der Waals surface area contributed by atoms with Crippen LogP contribution in [-0.2, 0) is 11.3 Å². The zero-order valence-electron chi connectivity index (χ0n) is 17.7. The molecule has 6 nitrogen and oxygen atoms in total. The number of amides is 2. The zero-order valence-corrected chi connectivity index (χ0v) is 17.7. The van der Waals surface area contributed by atoms with Crippen LogP contribution in [0.5, 0.6) is 0 Å². The van der Waals surface area contributed by atoms with Crippen molar-refractivity contribution in [2.75, 3.05) is 13.1 Å². The molecule has 6 heteroatoms. The molecule has 158 valence electrons. The van der Waals surface area contributed by atoms with E-state index >= 15 is 0 Å². The fourth-order valence-corrected chi connectivity index (χ4v) is 4.23. The normalized spacial score (nSPS) is 18.5. The maximum Gasteiger partial charge on any atom is 0.263 e. The number of nitrogens with one attached hydrogen (secondary N) is 1. The molecule has 30 heavy (non-hydrogen) atoms. The number of nitrogens with zero attached hydrogens (tertiary/aromatic N) is 2. The van der Waals surface area contributed by atoms with E-state index in [1.54, 1.807) is 12.3 Å². The zero-order chi connectivity index (χ0) is 21.3. The van der Waals surface area contributed by atoms with Crippen molar-refractivity contribution in [1.82, 2.24) is 14.8 Å². The van der Waals surface area contributed by atoms with Crippen molar-refractivity contribution in [3.8, 4) is 0 Å². The molecule has 0 bridgehead atoms. The third kappa shape index (κ3) is 4.32. The fourth-order valence-electron chi connectivity index (χ4n) is 4.23. The Labute approximate surface area is 176 Å². The van der Waals surface area contributed by atoms with Gasteiger partial charge in [0.05, 0.1) is 6.04 Å². The van der Waals surface area contributed by atoms with E-state index in [1.807, 2.05) is 4.90 Å². The van der Waals surface area contributed by atoms with E-state index in [2.05, 4.69) is 37.4 Å². The summed E-state index contributed by atoms with van der Waals surface area (Å²) in [6.45, 7) is 5.38. The number of carbonyl (C=O) groups is 2. The minimum Gasteiger partial charge on any atom is -0.352 e. The Morgan fingerprint density at radius 3 is 2.70 bits per heavy atom. The van der Waals surface area contributed by atoms with Gasteiger partial charge in [0.25, 0.3) is 11.5 Å².